The number of aromatic nitrogens is 3. The molecule has 0 fully saturated rings. The number of amides is 1. The van der Waals surface area contributed by atoms with E-state index in [9.17, 15) is 9.59 Å². The first-order valence-corrected chi connectivity index (χ1v) is 5.59. The molecule has 0 spiro atoms. The first kappa shape index (κ1) is 13.0. The van der Waals surface area contributed by atoms with Crippen molar-refractivity contribution < 1.29 is 14.7 Å². The summed E-state index contributed by atoms with van der Waals surface area (Å²) < 4.78 is 1.20. The van der Waals surface area contributed by atoms with Gasteiger partial charge in [-0.2, -0.15) is 5.10 Å². The summed E-state index contributed by atoms with van der Waals surface area (Å²) in [5, 5.41) is 15.2. The second-order valence-electron chi connectivity index (χ2n) is 3.63. The molecule has 0 aliphatic carbocycles. The highest BCUT2D eigenvalue weighted by Crippen LogP contribution is 2.15. The van der Waals surface area contributed by atoms with Gasteiger partial charge in [-0.3, -0.25) is 19.3 Å². The molecule has 0 aliphatic heterocycles. The molecule has 0 unspecified atom stereocenters. The first-order chi connectivity index (χ1) is 9.06. The number of carbonyl (C=O) groups excluding carboxylic acids is 1. The Balaban J connectivity index is 2.09. The van der Waals surface area contributed by atoms with Crippen molar-refractivity contribution in [1.82, 2.24) is 14.8 Å². The van der Waals surface area contributed by atoms with Crippen molar-refractivity contribution in [2.24, 2.45) is 0 Å². The normalized spacial score (nSPS) is 10.2. The van der Waals surface area contributed by atoms with Crippen molar-refractivity contribution in [1.29, 1.82) is 0 Å². The van der Waals surface area contributed by atoms with E-state index in [0.29, 0.717) is 5.69 Å². The van der Waals surface area contributed by atoms with Crippen LogP contribution in [0.25, 0.3) is 0 Å². The number of carboxylic acids is 1. The van der Waals surface area contributed by atoms with Gasteiger partial charge in [-0.1, -0.05) is 11.6 Å². The van der Waals surface area contributed by atoms with E-state index >= 15 is 0 Å². The van der Waals surface area contributed by atoms with Gasteiger partial charge in [0.1, 0.15) is 6.54 Å². The molecular weight excluding hydrogens is 272 g/mol. The maximum absolute atomic E-state index is 11.9. The Kier molecular flexibility index (Phi) is 3.76. The average molecular weight is 281 g/mol. The molecule has 2 N–H and O–H groups in total. The first-order valence-electron chi connectivity index (χ1n) is 5.21. The average Bonchev–Trinajstić information content (AvgIpc) is 2.76. The van der Waals surface area contributed by atoms with Crippen LogP contribution in [-0.4, -0.2) is 31.7 Å². The van der Waals surface area contributed by atoms with E-state index in [1.165, 1.54) is 35.5 Å². The van der Waals surface area contributed by atoms with Gasteiger partial charge in [0, 0.05) is 18.6 Å². The standard InChI is InChI=1S/C11H9ClN4O3/c12-9-1-2-13-4-8(9)11(19)15-7-3-14-16(5-7)6-10(17)18/h1-5H,6H2,(H,15,19)(H,17,18). The molecule has 98 valence electrons. The van der Waals surface area contributed by atoms with Crippen LogP contribution in [0.4, 0.5) is 5.69 Å². The molecule has 0 aromatic carbocycles. The lowest BCUT2D eigenvalue weighted by atomic mass is 10.2. The molecule has 19 heavy (non-hydrogen) atoms. The zero-order valence-electron chi connectivity index (χ0n) is 9.58. The number of aliphatic carboxylic acids is 1. The zero-order valence-corrected chi connectivity index (χ0v) is 10.3. The fraction of sp³-hybridized carbons (Fsp3) is 0.0909. The van der Waals surface area contributed by atoms with Crippen molar-refractivity contribution in [3.8, 4) is 0 Å². The third-order valence-corrected chi connectivity index (χ3v) is 2.53. The molecule has 2 heterocycles. The second-order valence-corrected chi connectivity index (χ2v) is 4.04. The Morgan fingerprint density at radius 1 is 1.42 bits per heavy atom. The molecule has 1 amide bonds. The van der Waals surface area contributed by atoms with Crippen LogP contribution in [0.1, 0.15) is 10.4 Å². The number of nitrogens with one attached hydrogen (secondary N) is 1. The van der Waals surface area contributed by atoms with Crippen molar-refractivity contribution in [2.75, 3.05) is 5.32 Å². The van der Waals surface area contributed by atoms with Gasteiger partial charge in [0.15, 0.2) is 0 Å². The van der Waals surface area contributed by atoms with Crippen LogP contribution in [-0.2, 0) is 11.3 Å². The quantitative estimate of drug-likeness (QED) is 0.879. The van der Waals surface area contributed by atoms with Crippen LogP contribution in [0.5, 0.6) is 0 Å². The van der Waals surface area contributed by atoms with Gasteiger partial charge in [-0.25, -0.2) is 0 Å². The molecule has 2 aromatic rings. The maximum Gasteiger partial charge on any atom is 0.325 e. The minimum Gasteiger partial charge on any atom is -0.480 e. The number of hydrogen-bond donors (Lipinski definition) is 2. The lowest BCUT2D eigenvalue weighted by molar-refractivity contribution is -0.137. The second kappa shape index (κ2) is 5.49. The smallest absolute Gasteiger partial charge is 0.325 e. The predicted molar refractivity (Wildman–Crippen MR) is 67.1 cm³/mol. The Labute approximate surface area is 112 Å². The molecule has 7 nitrogen and oxygen atoms in total. The summed E-state index contributed by atoms with van der Waals surface area (Å²) in [5.41, 5.74) is 0.612. The van der Waals surface area contributed by atoms with Gasteiger partial charge in [0.2, 0.25) is 0 Å². The van der Waals surface area contributed by atoms with E-state index in [2.05, 4.69) is 15.4 Å². The summed E-state index contributed by atoms with van der Waals surface area (Å²) in [7, 11) is 0. The van der Waals surface area contributed by atoms with E-state index in [-0.39, 0.29) is 17.1 Å². The highest BCUT2D eigenvalue weighted by atomic mass is 35.5. The third kappa shape index (κ3) is 3.29. The summed E-state index contributed by atoms with van der Waals surface area (Å²) >= 11 is 5.86. The molecule has 0 saturated carbocycles. The van der Waals surface area contributed by atoms with E-state index in [0.717, 1.165) is 0 Å². The van der Waals surface area contributed by atoms with Crippen molar-refractivity contribution >= 4 is 29.2 Å². The molecule has 0 aliphatic rings. The molecule has 0 saturated heterocycles. The van der Waals surface area contributed by atoms with Gasteiger partial charge in [-0.05, 0) is 6.07 Å². The van der Waals surface area contributed by atoms with Gasteiger partial charge >= 0.3 is 5.97 Å². The van der Waals surface area contributed by atoms with Crippen molar-refractivity contribution in [3.05, 3.63) is 41.4 Å². The van der Waals surface area contributed by atoms with Crippen LogP contribution in [0.3, 0.4) is 0 Å². The summed E-state index contributed by atoms with van der Waals surface area (Å²) in [4.78, 5) is 26.2. The number of anilines is 1. The fourth-order valence-corrected chi connectivity index (χ4v) is 1.59. The summed E-state index contributed by atoms with van der Waals surface area (Å²) in [6.07, 6.45) is 5.59. The van der Waals surface area contributed by atoms with E-state index in [1.807, 2.05) is 0 Å². The third-order valence-electron chi connectivity index (χ3n) is 2.20. The Bertz CT molecular complexity index is 626. The minimum atomic E-state index is -1.02. The van der Waals surface area contributed by atoms with E-state index in [1.54, 1.807) is 0 Å². The van der Waals surface area contributed by atoms with Crippen LogP contribution in [0.15, 0.2) is 30.9 Å². The van der Waals surface area contributed by atoms with Crippen LogP contribution >= 0.6 is 11.6 Å². The van der Waals surface area contributed by atoms with E-state index < -0.39 is 11.9 Å². The molecule has 8 heteroatoms. The van der Waals surface area contributed by atoms with E-state index in [4.69, 9.17) is 16.7 Å². The van der Waals surface area contributed by atoms with Crippen molar-refractivity contribution in [2.45, 2.75) is 6.54 Å². The number of carboxylic acid groups (broad SMARTS) is 1. The molecule has 2 aromatic heterocycles. The van der Waals surface area contributed by atoms with Crippen LogP contribution < -0.4 is 5.32 Å². The number of rotatable bonds is 4. The van der Waals surface area contributed by atoms with Gasteiger partial charge in [0.25, 0.3) is 5.91 Å². The fourth-order valence-electron chi connectivity index (χ4n) is 1.40. The number of carbonyl (C=O) groups is 2. The predicted octanol–water partition coefficient (Wildman–Crippen LogP) is 1.27. The Morgan fingerprint density at radius 3 is 2.89 bits per heavy atom. The maximum atomic E-state index is 11.9. The van der Waals surface area contributed by atoms with Gasteiger partial charge < -0.3 is 10.4 Å². The zero-order chi connectivity index (χ0) is 13.8. The minimum absolute atomic E-state index is 0.232. The monoisotopic (exact) mass is 280 g/mol. The summed E-state index contributed by atoms with van der Waals surface area (Å²) in [6, 6.07) is 1.50. The number of hydrogen-bond acceptors (Lipinski definition) is 4. The highest BCUT2D eigenvalue weighted by Gasteiger charge is 2.11. The van der Waals surface area contributed by atoms with Crippen LogP contribution in [0.2, 0.25) is 5.02 Å². The SMILES string of the molecule is O=C(O)Cn1cc(NC(=O)c2cnccc2Cl)cn1. The topological polar surface area (TPSA) is 97.1 Å². The molecule has 2 rings (SSSR count). The lowest BCUT2D eigenvalue weighted by Crippen LogP contribution is -2.12. The molecular formula is C11H9ClN4O3. The van der Waals surface area contributed by atoms with Gasteiger partial charge in [-0.15, -0.1) is 0 Å². The number of halogens is 1. The van der Waals surface area contributed by atoms with Crippen molar-refractivity contribution in [3.63, 3.8) is 0 Å². The molecule has 0 bridgehead atoms. The van der Waals surface area contributed by atoms with Gasteiger partial charge in [0.05, 0.1) is 22.5 Å². The highest BCUT2D eigenvalue weighted by molar-refractivity contribution is 6.34. The molecule has 0 radical (unpaired) electrons. The Morgan fingerprint density at radius 2 is 2.21 bits per heavy atom. The Hall–Kier alpha value is -2.41. The van der Waals surface area contributed by atoms with Crippen LogP contribution in [0, 0.1) is 0 Å². The number of pyridine rings is 1. The summed E-state index contributed by atoms with van der Waals surface area (Å²) in [6.45, 7) is -0.274. The largest absolute Gasteiger partial charge is 0.480 e. The lowest BCUT2D eigenvalue weighted by Gasteiger charge is -2.03. The molecule has 0 atom stereocenters. The number of nitrogens with zero attached hydrogens (tertiary/aromatic N) is 3. The summed E-state index contributed by atoms with van der Waals surface area (Å²) in [5.74, 6) is -1.45.